The highest BCUT2D eigenvalue weighted by atomic mass is 32.2. The van der Waals surface area contributed by atoms with Crippen molar-refractivity contribution in [2.45, 2.75) is 5.16 Å². The van der Waals surface area contributed by atoms with Crippen LogP contribution in [0.5, 0.6) is 0 Å². The molecule has 0 unspecified atom stereocenters. The van der Waals surface area contributed by atoms with E-state index in [0.29, 0.717) is 0 Å². The van der Waals surface area contributed by atoms with Crippen molar-refractivity contribution < 1.29 is 0 Å². The van der Waals surface area contributed by atoms with Crippen molar-refractivity contribution in [3.05, 3.63) is 66.2 Å². The summed E-state index contributed by atoms with van der Waals surface area (Å²) in [6.45, 7) is 0. The van der Waals surface area contributed by atoms with Crippen LogP contribution in [0.1, 0.15) is 5.56 Å². The third kappa shape index (κ3) is 3.03. The maximum absolute atomic E-state index is 4.53. The van der Waals surface area contributed by atoms with Gasteiger partial charge in [0.15, 0.2) is 5.82 Å². The molecule has 104 valence electrons. The molecule has 4 nitrogen and oxygen atoms in total. The molecule has 3 aromatic rings. The summed E-state index contributed by atoms with van der Waals surface area (Å²) in [7, 11) is 0. The van der Waals surface area contributed by atoms with E-state index in [4.69, 9.17) is 0 Å². The number of thioether (sulfide) groups is 1. The molecule has 0 N–H and O–H groups in total. The molecule has 1 heterocycles. The Kier molecular flexibility index (Phi) is 4.12. The molecule has 0 amide bonds. The lowest BCUT2D eigenvalue weighted by Gasteiger charge is -2.02. The zero-order chi connectivity index (χ0) is 14.5. The highest BCUT2D eigenvalue weighted by Crippen LogP contribution is 2.22. The van der Waals surface area contributed by atoms with Crippen molar-refractivity contribution in [2.24, 2.45) is 5.10 Å². The SMILES string of the molecule is CSc1nnc(-c2ccccc2)n1/N=C/c1ccccc1. The largest absolute Gasteiger partial charge is 0.212 e. The monoisotopic (exact) mass is 294 g/mol. The molecule has 0 saturated heterocycles. The molecule has 5 heteroatoms. The minimum atomic E-state index is 0.743. The summed E-state index contributed by atoms with van der Waals surface area (Å²) in [4.78, 5) is 0. The van der Waals surface area contributed by atoms with Gasteiger partial charge in [0.05, 0.1) is 6.21 Å². The average molecular weight is 294 g/mol. The fourth-order valence-corrected chi connectivity index (χ4v) is 2.36. The first-order valence-electron chi connectivity index (χ1n) is 6.53. The van der Waals surface area contributed by atoms with Crippen LogP contribution in [0, 0.1) is 0 Å². The fourth-order valence-electron chi connectivity index (χ4n) is 1.93. The van der Waals surface area contributed by atoms with E-state index < -0.39 is 0 Å². The van der Waals surface area contributed by atoms with Crippen LogP contribution in [0.25, 0.3) is 11.4 Å². The Labute approximate surface area is 127 Å². The lowest BCUT2D eigenvalue weighted by molar-refractivity contribution is 0.774. The molecule has 0 atom stereocenters. The molecular formula is C16H14N4S. The van der Waals surface area contributed by atoms with Gasteiger partial charge in [-0.3, -0.25) is 0 Å². The molecule has 0 fully saturated rings. The van der Waals surface area contributed by atoms with Gasteiger partial charge in [-0.1, -0.05) is 72.4 Å². The zero-order valence-electron chi connectivity index (χ0n) is 11.5. The maximum atomic E-state index is 4.53. The molecule has 2 aromatic carbocycles. The van der Waals surface area contributed by atoms with Gasteiger partial charge < -0.3 is 0 Å². The summed E-state index contributed by atoms with van der Waals surface area (Å²) in [6.07, 6.45) is 3.78. The van der Waals surface area contributed by atoms with Gasteiger partial charge >= 0.3 is 0 Å². The first-order chi connectivity index (χ1) is 10.4. The normalized spacial score (nSPS) is 11.1. The first-order valence-corrected chi connectivity index (χ1v) is 7.75. The Hall–Kier alpha value is -2.40. The smallest absolute Gasteiger partial charge is 0.187 e. The van der Waals surface area contributed by atoms with Crippen LogP contribution in [0.2, 0.25) is 0 Å². The average Bonchev–Trinajstić information content (AvgIpc) is 2.97. The van der Waals surface area contributed by atoms with Gasteiger partial charge in [-0.2, -0.15) is 9.78 Å². The lowest BCUT2D eigenvalue weighted by Crippen LogP contribution is -1.96. The molecular weight excluding hydrogens is 280 g/mol. The molecule has 0 spiro atoms. The number of rotatable bonds is 4. The quantitative estimate of drug-likeness (QED) is 0.546. The van der Waals surface area contributed by atoms with E-state index in [1.165, 1.54) is 11.8 Å². The second-order valence-electron chi connectivity index (χ2n) is 4.34. The van der Waals surface area contributed by atoms with E-state index in [9.17, 15) is 0 Å². The van der Waals surface area contributed by atoms with Crippen molar-refractivity contribution in [3.63, 3.8) is 0 Å². The summed E-state index contributed by atoms with van der Waals surface area (Å²) < 4.78 is 1.77. The third-order valence-electron chi connectivity index (χ3n) is 2.95. The van der Waals surface area contributed by atoms with Crippen LogP contribution in [-0.2, 0) is 0 Å². The molecule has 0 aliphatic rings. The Balaban J connectivity index is 2.01. The molecule has 3 rings (SSSR count). The predicted molar refractivity (Wildman–Crippen MR) is 86.7 cm³/mol. The Morgan fingerprint density at radius 2 is 1.62 bits per heavy atom. The second-order valence-corrected chi connectivity index (χ2v) is 5.12. The van der Waals surface area contributed by atoms with E-state index in [1.54, 1.807) is 4.68 Å². The van der Waals surface area contributed by atoms with Crippen LogP contribution in [0.15, 0.2) is 70.9 Å². The third-order valence-corrected chi connectivity index (χ3v) is 3.57. The van der Waals surface area contributed by atoms with Crippen molar-refractivity contribution in [2.75, 3.05) is 6.26 Å². The summed E-state index contributed by atoms with van der Waals surface area (Å²) in [5, 5.41) is 13.7. The standard InChI is InChI=1S/C16H14N4S/c1-21-16-19-18-15(14-10-6-3-7-11-14)20(16)17-12-13-8-4-2-5-9-13/h2-12H,1H3/b17-12+. The summed E-state index contributed by atoms with van der Waals surface area (Å²) in [6, 6.07) is 19.9. The second kappa shape index (κ2) is 6.37. The number of benzene rings is 2. The van der Waals surface area contributed by atoms with Crippen molar-refractivity contribution in [1.82, 2.24) is 14.9 Å². The molecule has 1 aromatic heterocycles. The molecule has 0 radical (unpaired) electrons. The van der Waals surface area contributed by atoms with Gasteiger partial charge in [-0.05, 0) is 11.8 Å². The predicted octanol–water partition coefficient (Wildman–Crippen LogP) is 3.55. The first kappa shape index (κ1) is 13.6. The minimum absolute atomic E-state index is 0.743. The van der Waals surface area contributed by atoms with E-state index in [1.807, 2.05) is 73.1 Å². The molecule has 0 aliphatic carbocycles. The summed E-state index contributed by atoms with van der Waals surface area (Å²) in [5.41, 5.74) is 2.03. The zero-order valence-corrected chi connectivity index (χ0v) is 12.4. The Morgan fingerprint density at radius 1 is 0.952 bits per heavy atom. The van der Waals surface area contributed by atoms with E-state index >= 15 is 0 Å². The van der Waals surface area contributed by atoms with Gasteiger partial charge in [0.1, 0.15) is 0 Å². The van der Waals surface area contributed by atoms with E-state index in [0.717, 1.165) is 22.1 Å². The lowest BCUT2D eigenvalue weighted by atomic mass is 10.2. The van der Waals surface area contributed by atoms with Gasteiger partial charge in [0.25, 0.3) is 0 Å². The number of nitrogens with zero attached hydrogens (tertiary/aromatic N) is 4. The van der Waals surface area contributed by atoms with Gasteiger partial charge in [0.2, 0.25) is 5.16 Å². The number of hydrogen-bond donors (Lipinski definition) is 0. The van der Waals surface area contributed by atoms with Gasteiger partial charge in [-0.25, -0.2) is 0 Å². The van der Waals surface area contributed by atoms with Gasteiger partial charge in [-0.15, -0.1) is 10.2 Å². The Bertz CT molecular complexity index is 735. The van der Waals surface area contributed by atoms with Crippen LogP contribution in [-0.4, -0.2) is 27.3 Å². The fraction of sp³-hybridized carbons (Fsp3) is 0.0625. The maximum Gasteiger partial charge on any atom is 0.212 e. The highest BCUT2D eigenvalue weighted by Gasteiger charge is 2.11. The van der Waals surface area contributed by atoms with Crippen LogP contribution in [0.3, 0.4) is 0 Å². The van der Waals surface area contributed by atoms with Crippen LogP contribution >= 0.6 is 11.8 Å². The summed E-state index contributed by atoms with van der Waals surface area (Å²) >= 11 is 1.52. The minimum Gasteiger partial charge on any atom is -0.187 e. The van der Waals surface area contributed by atoms with Crippen LogP contribution in [0.4, 0.5) is 0 Å². The van der Waals surface area contributed by atoms with Crippen molar-refractivity contribution in [1.29, 1.82) is 0 Å². The molecule has 0 bridgehead atoms. The number of hydrogen-bond acceptors (Lipinski definition) is 4. The topological polar surface area (TPSA) is 43.1 Å². The summed E-state index contributed by atoms with van der Waals surface area (Å²) in [5.74, 6) is 0.743. The van der Waals surface area contributed by atoms with E-state index in [-0.39, 0.29) is 0 Å². The molecule has 21 heavy (non-hydrogen) atoms. The van der Waals surface area contributed by atoms with Gasteiger partial charge in [0, 0.05) is 5.56 Å². The Morgan fingerprint density at radius 3 is 2.29 bits per heavy atom. The highest BCUT2D eigenvalue weighted by molar-refractivity contribution is 7.98. The van der Waals surface area contributed by atoms with Crippen molar-refractivity contribution >= 4 is 18.0 Å². The molecule has 0 aliphatic heterocycles. The molecule has 0 saturated carbocycles. The van der Waals surface area contributed by atoms with E-state index in [2.05, 4.69) is 15.3 Å². The van der Waals surface area contributed by atoms with Crippen molar-refractivity contribution in [3.8, 4) is 11.4 Å². The number of aromatic nitrogens is 3. The van der Waals surface area contributed by atoms with Crippen LogP contribution < -0.4 is 0 Å².